The molecule has 3 aromatic carbocycles. The lowest BCUT2D eigenvalue weighted by Gasteiger charge is -2.08. The number of rotatable bonds is 7. The Labute approximate surface area is 194 Å². The Morgan fingerprint density at radius 2 is 1.59 bits per heavy atom. The minimum absolute atomic E-state index is 0.127. The first kappa shape index (κ1) is 21.5. The number of methoxy groups -OCH3 is 1. The smallest absolute Gasteiger partial charge is 0.321 e. The van der Waals surface area contributed by atoms with Gasteiger partial charge >= 0.3 is 6.01 Å². The summed E-state index contributed by atoms with van der Waals surface area (Å²) in [6, 6.07) is 22.6. The van der Waals surface area contributed by atoms with Crippen LogP contribution in [0, 0.1) is 0 Å². The molecule has 1 aromatic heterocycles. The molecule has 4 aromatic rings. The van der Waals surface area contributed by atoms with Crippen molar-refractivity contribution in [1.29, 1.82) is 0 Å². The number of amides is 1. The lowest BCUT2D eigenvalue weighted by atomic mass is 10.1. The number of hydrogen-bond acceptors (Lipinski definition) is 5. The topological polar surface area (TPSA) is 73.3 Å². The van der Waals surface area contributed by atoms with Gasteiger partial charge in [0, 0.05) is 40.6 Å². The monoisotopic (exact) mass is 489 g/mol. The number of benzene rings is 3. The summed E-state index contributed by atoms with van der Waals surface area (Å²) in [4.78, 5) is 21.0. The van der Waals surface area contributed by atoms with Crippen molar-refractivity contribution < 1.29 is 14.3 Å². The molecule has 0 radical (unpaired) electrons. The Bertz CT molecular complexity index is 1190. The number of ether oxygens (including phenoxy) is 2. The van der Waals surface area contributed by atoms with Gasteiger partial charge in [-0.15, -0.1) is 0 Å². The minimum Gasteiger partial charge on any atom is -0.497 e. The van der Waals surface area contributed by atoms with Gasteiger partial charge in [0.2, 0.25) is 0 Å². The van der Waals surface area contributed by atoms with Crippen LogP contribution in [-0.4, -0.2) is 23.0 Å². The SMILES string of the molecule is COc1cccc(Oc2ncc(-c3ccc(C(=O)NCc4ccc(Br)cc4)cc3)cn2)c1. The normalized spacial score (nSPS) is 10.4. The molecule has 0 aliphatic carbocycles. The molecule has 0 aliphatic rings. The average Bonchev–Trinajstić information content (AvgIpc) is 2.84. The molecule has 0 saturated heterocycles. The van der Waals surface area contributed by atoms with Gasteiger partial charge in [-0.1, -0.05) is 46.3 Å². The van der Waals surface area contributed by atoms with Gasteiger partial charge in [-0.2, -0.15) is 0 Å². The largest absolute Gasteiger partial charge is 0.497 e. The van der Waals surface area contributed by atoms with Gasteiger partial charge in [0.05, 0.1) is 7.11 Å². The molecule has 6 nitrogen and oxygen atoms in total. The van der Waals surface area contributed by atoms with E-state index in [1.165, 1.54) is 0 Å². The Morgan fingerprint density at radius 3 is 2.28 bits per heavy atom. The van der Waals surface area contributed by atoms with Crippen molar-refractivity contribution in [3.8, 4) is 28.6 Å². The second-order valence-electron chi connectivity index (χ2n) is 6.92. The molecule has 32 heavy (non-hydrogen) atoms. The Hall–Kier alpha value is -3.71. The molecule has 0 fully saturated rings. The molecule has 0 bridgehead atoms. The third-order valence-corrected chi connectivity index (χ3v) is 5.25. The number of halogens is 1. The number of carbonyl (C=O) groups excluding carboxylic acids is 1. The molecular formula is C25H20BrN3O3. The fraction of sp³-hybridized carbons (Fsp3) is 0.0800. The highest BCUT2D eigenvalue weighted by atomic mass is 79.9. The van der Waals surface area contributed by atoms with Gasteiger partial charge < -0.3 is 14.8 Å². The zero-order valence-electron chi connectivity index (χ0n) is 17.3. The summed E-state index contributed by atoms with van der Waals surface area (Å²) in [6.07, 6.45) is 3.37. The maximum absolute atomic E-state index is 12.4. The van der Waals surface area contributed by atoms with Crippen LogP contribution in [0.15, 0.2) is 89.7 Å². The first-order valence-corrected chi connectivity index (χ1v) is 10.7. The standard InChI is InChI=1S/C25H20BrN3O3/c1-31-22-3-2-4-23(13-22)32-25-28-15-20(16-29-25)18-7-9-19(10-8-18)24(30)27-14-17-5-11-21(26)12-6-17/h2-13,15-16H,14H2,1H3,(H,27,30). The maximum Gasteiger partial charge on any atom is 0.321 e. The summed E-state index contributed by atoms with van der Waals surface area (Å²) in [6.45, 7) is 0.469. The van der Waals surface area contributed by atoms with Crippen LogP contribution in [0.5, 0.6) is 17.5 Å². The molecule has 0 unspecified atom stereocenters. The molecule has 1 heterocycles. The fourth-order valence-corrected chi connectivity index (χ4v) is 3.25. The van der Waals surface area contributed by atoms with Crippen molar-refractivity contribution in [2.75, 3.05) is 7.11 Å². The van der Waals surface area contributed by atoms with Crippen LogP contribution >= 0.6 is 15.9 Å². The van der Waals surface area contributed by atoms with E-state index in [1.807, 2.05) is 48.5 Å². The first-order chi connectivity index (χ1) is 15.6. The van der Waals surface area contributed by atoms with Crippen molar-refractivity contribution in [3.63, 3.8) is 0 Å². The lowest BCUT2D eigenvalue weighted by Crippen LogP contribution is -2.22. The molecule has 0 aliphatic heterocycles. The van der Waals surface area contributed by atoms with E-state index in [2.05, 4.69) is 31.2 Å². The summed E-state index contributed by atoms with van der Waals surface area (Å²) in [5.41, 5.74) is 3.35. The van der Waals surface area contributed by atoms with Crippen LogP contribution in [0.25, 0.3) is 11.1 Å². The molecule has 4 rings (SSSR count). The van der Waals surface area contributed by atoms with E-state index < -0.39 is 0 Å². The Kier molecular flexibility index (Phi) is 6.77. The molecular weight excluding hydrogens is 470 g/mol. The average molecular weight is 490 g/mol. The van der Waals surface area contributed by atoms with Crippen molar-refractivity contribution in [1.82, 2.24) is 15.3 Å². The van der Waals surface area contributed by atoms with E-state index in [0.29, 0.717) is 23.6 Å². The Balaban J connectivity index is 1.37. The van der Waals surface area contributed by atoms with Crippen LogP contribution < -0.4 is 14.8 Å². The maximum atomic E-state index is 12.4. The predicted molar refractivity (Wildman–Crippen MR) is 126 cm³/mol. The van der Waals surface area contributed by atoms with Gasteiger partial charge in [0.15, 0.2) is 0 Å². The van der Waals surface area contributed by atoms with Crippen LogP contribution in [0.2, 0.25) is 0 Å². The molecule has 0 spiro atoms. The van der Waals surface area contributed by atoms with Crippen molar-refractivity contribution in [2.45, 2.75) is 6.54 Å². The zero-order valence-corrected chi connectivity index (χ0v) is 18.9. The zero-order chi connectivity index (χ0) is 22.3. The van der Waals surface area contributed by atoms with Crippen LogP contribution in [0.1, 0.15) is 15.9 Å². The number of nitrogens with one attached hydrogen (secondary N) is 1. The quantitative estimate of drug-likeness (QED) is 0.363. The van der Waals surface area contributed by atoms with E-state index in [4.69, 9.17) is 9.47 Å². The predicted octanol–water partition coefficient (Wildman–Crippen LogP) is 5.64. The summed E-state index contributed by atoms with van der Waals surface area (Å²) in [7, 11) is 1.60. The summed E-state index contributed by atoms with van der Waals surface area (Å²) < 4.78 is 11.9. The van der Waals surface area contributed by atoms with E-state index >= 15 is 0 Å². The van der Waals surface area contributed by atoms with Crippen molar-refractivity contribution in [2.24, 2.45) is 0 Å². The van der Waals surface area contributed by atoms with Gasteiger partial charge in [0.25, 0.3) is 5.91 Å². The van der Waals surface area contributed by atoms with Crippen LogP contribution in [0.4, 0.5) is 0 Å². The molecule has 0 saturated carbocycles. The molecule has 0 atom stereocenters. The van der Waals surface area contributed by atoms with Crippen molar-refractivity contribution in [3.05, 3.63) is 101 Å². The fourth-order valence-electron chi connectivity index (χ4n) is 2.99. The number of carbonyl (C=O) groups is 1. The third kappa shape index (κ3) is 5.50. The van der Waals surface area contributed by atoms with E-state index in [9.17, 15) is 4.79 Å². The third-order valence-electron chi connectivity index (χ3n) is 4.73. The van der Waals surface area contributed by atoms with E-state index in [0.717, 1.165) is 21.2 Å². The van der Waals surface area contributed by atoms with Gasteiger partial charge in [-0.05, 0) is 47.5 Å². The molecule has 160 valence electrons. The molecule has 1 N–H and O–H groups in total. The van der Waals surface area contributed by atoms with Gasteiger partial charge in [0.1, 0.15) is 11.5 Å². The number of aromatic nitrogens is 2. The summed E-state index contributed by atoms with van der Waals surface area (Å²) in [5, 5.41) is 2.93. The van der Waals surface area contributed by atoms with E-state index in [-0.39, 0.29) is 11.9 Å². The van der Waals surface area contributed by atoms with Gasteiger partial charge in [-0.3, -0.25) is 4.79 Å². The lowest BCUT2D eigenvalue weighted by molar-refractivity contribution is 0.0951. The first-order valence-electron chi connectivity index (χ1n) is 9.88. The summed E-state index contributed by atoms with van der Waals surface area (Å²) in [5.74, 6) is 1.16. The van der Waals surface area contributed by atoms with Crippen LogP contribution in [0.3, 0.4) is 0 Å². The Morgan fingerprint density at radius 1 is 0.906 bits per heavy atom. The molecule has 1 amide bonds. The minimum atomic E-state index is -0.127. The van der Waals surface area contributed by atoms with Crippen LogP contribution in [-0.2, 0) is 6.54 Å². The molecule has 7 heteroatoms. The highest BCUT2D eigenvalue weighted by molar-refractivity contribution is 9.10. The summed E-state index contributed by atoms with van der Waals surface area (Å²) >= 11 is 3.40. The van der Waals surface area contributed by atoms with E-state index in [1.54, 1.807) is 43.8 Å². The second-order valence-corrected chi connectivity index (χ2v) is 7.84. The highest BCUT2D eigenvalue weighted by Crippen LogP contribution is 2.24. The van der Waals surface area contributed by atoms with Crippen molar-refractivity contribution >= 4 is 21.8 Å². The highest BCUT2D eigenvalue weighted by Gasteiger charge is 2.08. The van der Waals surface area contributed by atoms with Gasteiger partial charge in [-0.25, -0.2) is 9.97 Å². The number of nitrogens with zero attached hydrogens (tertiary/aromatic N) is 2. The second kappa shape index (κ2) is 10.1. The number of hydrogen-bond donors (Lipinski definition) is 1.